The lowest BCUT2D eigenvalue weighted by atomic mass is 10.1. The van der Waals surface area contributed by atoms with E-state index in [4.69, 9.17) is 4.74 Å². The third-order valence-electron chi connectivity index (χ3n) is 3.25. The SMILES string of the molecule is Cc1ccccc1OCCNC(C)c1cccc(F)c1. The maximum atomic E-state index is 13.1. The van der Waals surface area contributed by atoms with Crippen molar-refractivity contribution in [2.24, 2.45) is 0 Å². The lowest BCUT2D eigenvalue weighted by Gasteiger charge is -2.15. The molecule has 3 heteroatoms. The molecule has 0 aliphatic heterocycles. The summed E-state index contributed by atoms with van der Waals surface area (Å²) >= 11 is 0. The molecule has 0 aliphatic carbocycles. The van der Waals surface area contributed by atoms with E-state index in [1.165, 1.54) is 6.07 Å². The third-order valence-corrected chi connectivity index (χ3v) is 3.25. The second-order valence-electron chi connectivity index (χ2n) is 4.84. The average molecular weight is 273 g/mol. The summed E-state index contributed by atoms with van der Waals surface area (Å²) in [6.07, 6.45) is 0. The normalized spacial score (nSPS) is 12.2. The molecule has 106 valence electrons. The van der Waals surface area contributed by atoms with Crippen molar-refractivity contribution >= 4 is 0 Å². The average Bonchev–Trinajstić information content (AvgIpc) is 2.45. The molecule has 2 aromatic carbocycles. The Kier molecular flexibility index (Phi) is 5.13. The predicted molar refractivity (Wildman–Crippen MR) is 79.5 cm³/mol. The molecule has 0 fully saturated rings. The van der Waals surface area contributed by atoms with Crippen LogP contribution in [0.15, 0.2) is 48.5 Å². The quantitative estimate of drug-likeness (QED) is 0.807. The summed E-state index contributed by atoms with van der Waals surface area (Å²) in [6, 6.07) is 14.7. The molecular formula is C17H20FNO. The zero-order chi connectivity index (χ0) is 14.4. The van der Waals surface area contributed by atoms with E-state index in [-0.39, 0.29) is 11.9 Å². The summed E-state index contributed by atoms with van der Waals surface area (Å²) < 4.78 is 18.8. The number of halogens is 1. The van der Waals surface area contributed by atoms with Crippen LogP contribution in [0.3, 0.4) is 0 Å². The van der Waals surface area contributed by atoms with Crippen molar-refractivity contribution in [3.8, 4) is 5.75 Å². The van der Waals surface area contributed by atoms with Crippen LogP contribution in [0.1, 0.15) is 24.1 Å². The molecular weight excluding hydrogens is 253 g/mol. The third kappa shape index (κ3) is 4.07. The highest BCUT2D eigenvalue weighted by atomic mass is 19.1. The first-order valence-electron chi connectivity index (χ1n) is 6.84. The van der Waals surface area contributed by atoms with E-state index in [0.29, 0.717) is 13.2 Å². The van der Waals surface area contributed by atoms with Gasteiger partial charge in [-0.15, -0.1) is 0 Å². The van der Waals surface area contributed by atoms with E-state index >= 15 is 0 Å². The van der Waals surface area contributed by atoms with Crippen molar-refractivity contribution in [2.45, 2.75) is 19.9 Å². The number of rotatable bonds is 6. The number of ether oxygens (including phenoxy) is 1. The molecule has 0 amide bonds. The van der Waals surface area contributed by atoms with Crippen molar-refractivity contribution in [3.63, 3.8) is 0 Å². The Bertz CT molecular complexity index is 556. The minimum absolute atomic E-state index is 0.103. The summed E-state index contributed by atoms with van der Waals surface area (Å²) in [7, 11) is 0. The van der Waals surface area contributed by atoms with Gasteiger partial charge in [-0.3, -0.25) is 0 Å². The first-order chi connectivity index (χ1) is 9.66. The lowest BCUT2D eigenvalue weighted by molar-refractivity contribution is 0.305. The molecule has 1 atom stereocenters. The number of aryl methyl sites for hydroxylation is 1. The topological polar surface area (TPSA) is 21.3 Å². The van der Waals surface area contributed by atoms with Gasteiger partial charge in [0.1, 0.15) is 18.2 Å². The van der Waals surface area contributed by atoms with E-state index in [1.807, 2.05) is 44.2 Å². The maximum Gasteiger partial charge on any atom is 0.123 e. The Morgan fingerprint density at radius 2 is 1.95 bits per heavy atom. The van der Waals surface area contributed by atoms with Crippen molar-refractivity contribution < 1.29 is 9.13 Å². The van der Waals surface area contributed by atoms with Crippen LogP contribution in [0.5, 0.6) is 5.75 Å². The monoisotopic (exact) mass is 273 g/mol. The maximum absolute atomic E-state index is 13.1. The van der Waals surface area contributed by atoms with Gasteiger partial charge in [0.25, 0.3) is 0 Å². The van der Waals surface area contributed by atoms with Gasteiger partial charge in [0.2, 0.25) is 0 Å². The number of benzene rings is 2. The molecule has 0 spiro atoms. The summed E-state index contributed by atoms with van der Waals surface area (Å²) in [5.74, 6) is 0.708. The standard InChI is InChI=1S/C17H20FNO/c1-13-6-3-4-9-17(13)20-11-10-19-14(2)15-7-5-8-16(18)12-15/h3-9,12,14,19H,10-11H2,1-2H3. The molecule has 0 aromatic heterocycles. The van der Waals surface area contributed by atoms with Crippen LogP contribution in [0.2, 0.25) is 0 Å². The zero-order valence-electron chi connectivity index (χ0n) is 11.9. The second kappa shape index (κ2) is 7.06. The zero-order valence-corrected chi connectivity index (χ0v) is 11.9. The van der Waals surface area contributed by atoms with E-state index in [9.17, 15) is 4.39 Å². The molecule has 0 radical (unpaired) electrons. The van der Waals surface area contributed by atoms with Gasteiger partial charge < -0.3 is 10.1 Å². The fraction of sp³-hybridized carbons (Fsp3) is 0.294. The molecule has 0 bridgehead atoms. The van der Waals surface area contributed by atoms with Gasteiger partial charge in [-0.2, -0.15) is 0 Å². The van der Waals surface area contributed by atoms with Gasteiger partial charge in [-0.25, -0.2) is 4.39 Å². The minimum atomic E-state index is -0.202. The fourth-order valence-corrected chi connectivity index (χ4v) is 2.05. The van der Waals surface area contributed by atoms with Crippen LogP contribution < -0.4 is 10.1 Å². The van der Waals surface area contributed by atoms with E-state index in [0.717, 1.165) is 16.9 Å². The van der Waals surface area contributed by atoms with Crippen LogP contribution in [-0.4, -0.2) is 13.2 Å². The van der Waals surface area contributed by atoms with E-state index in [1.54, 1.807) is 12.1 Å². The van der Waals surface area contributed by atoms with Crippen molar-refractivity contribution in [1.82, 2.24) is 5.32 Å². The smallest absolute Gasteiger partial charge is 0.123 e. The van der Waals surface area contributed by atoms with E-state index in [2.05, 4.69) is 5.32 Å². The molecule has 0 saturated carbocycles. The van der Waals surface area contributed by atoms with Gasteiger partial charge in [-0.1, -0.05) is 30.3 Å². The Morgan fingerprint density at radius 3 is 2.70 bits per heavy atom. The van der Waals surface area contributed by atoms with Crippen molar-refractivity contribution in [3.05, 3.63) is 65.5 Å². The van der Waals surface area contributed by atoms with Crippen molar-refractivity contribution in [1.29, 1.82) is 0 Å². The minimum Gasteiger partial charge on any atom is -0.492 e. The summed E-state index contributed by atoms with van der Waals surface area (Å²) in [5, 5.41) is 3.32. The molecule has 1 N–H and O–H groups in total. The van der Waals surface area contributed by atoms with Gasteiger partial charge >= 0.3 is 0 Å². The number of para-hydroxylation sites is 1. The summed E-state index contributed by atoms with van der Waals surface area (Å²) in [5.41, 5.74) is 2.08. The molecule has 0 aliphatic rings. The van der Waals surface area contributed by atoms with Crippen LogP contribution >= 0.6 is 0 Å². The van der Waals surface area contributed by atoms with E-state index < -0.39 is 0 Å². The fourth-order valence-electron chi connectivity index (χ4n) is 2.05. The Balaban J connectivity index is 1.77. The highest BCUT2D eigenvalue weighted by Crippen LogP contribution is 2.16. The van der Waals surface area contributed by atoms with Crippen LogP contribution in [0.4, 0.5) is 4.39 Å². The lowest BCUT2D eigenvalue weighted by Crippen LogP contribution is -2.24. The molecule has 0 heterocycles. The molecule has 2 aromatic rings. The summed E-state index contributed by atoms with van der Waals surface area (Å²) in [4.78, 5) is 0. The predicted octanol–water partition coefficient (Wildman–Crippen LogP) is 3.86. The molecule has 1 unspecified atom stereocenters. The van der Waals surface area contributed by atoms with Gasteiger partial charge in [0, 0.05) is 12.6 Å². The number of hydrogen-bond donors (Lipinski definition) is 1. The largest absolute Gasteiger partial charge is 0.492 e. The van der Waals surface area contributed by atoms with Crippen LogP contribution in [0.25, 0.3) is 0 Å². The van der Waals surface area contributed by atoms with Gasteiger partial charge in [-0.05, 0) is 43.2 Å². The molecule has 2 rings (SSSR count). The van der Waals surface area contributed by atoms with Crippen LogP contribution in [-0.2, 0) is 0 Å². The van der Waals surface area contributed by atoms with Gasteiger partial charge in [0.05, 0.1) is 0 Å². The second-order valence-corrected chi connectivity index (χ2v) is 4.84. The van der Waals surface area contributed by atoms with Gasteiger partial charge in [0.15, 0.2) is 0 Å². The first kappa shape index (κ1) is 14.5. The molecule has 2 nitrogen and oxygen atoms in total. The molecule has 20 heavy (non-hydrogen) atoms. The summed E-state index contributed by atoms with van der Waals surface area (Å²) in [6.45, 7) is 5.34. The number of hydrogen-bond acceptors (Lipinski definition) is 2. The number of nitrogens with one attached hydrogen (secondary N) is 1. The highest BCUT2D eigenvalue weighted by molar-refractivity contribution is 5.31. The Hall–Kier alpha value is -1.87. The Labute approximate surface area is 119 Å². The first-order valence-corrected chi connectivity index (χ1v) is 6.84. The Morgan fingerprint density at radius 1 is 1.15 bits per heavy atom. The molecule has 0 saturated heterocycles. The highest BCUT2D eigenvalue weighted by Gasteiger charge is 2.05. The van der Waals surface area contributed by atoms with Crippen LogP contribution in [0, 0.1) is 12.7 Å². The van der Waals surface area contributed by atoms with Crippen molar-refractivity contribution in [2.75, 3.05) is 13.2 Å².